The van der Waals surface area contributed by atoms with Gasteiger partial charge in [-0.2, -0.15) is 0 Å². The van der Waals surface area contributed by atoms with Crippen molar-refractivity contribution >= 4 is 15.9 Å². The molecule has 0 aliphatic carbocycles. The molecule has 16 heavy (non-hydrogen) atoms. The van der Waals surface area contributed by atoms with Crippen molar-refractivity contribution in [1.82, 2.24) is 0 Å². The Kier molecular flexibility index (Phi) is 6.30. The van der Waals surface area contributed by atoms with Crippen LogP contribution in [0.5, 0.6) is 0 Å². The molecule has 0 aromatic rings. The first kappa shape index (κ1) is 14.5. The summed E-state index contributed by atoms with van der Waals surface area (Å²) < 4.78 is 11.4. The summed E-state index contributed by atoms with van der Waals surface area (Å²) in [6.07, 6.45) is 4.00. The molecule has 2 nitrogen and oxygen atoms in total. The summed E-state index contributed by atoms with van der Waals surface area (Å²) in [5.41, 5.74) is 0.303. The lowest BCUT2D eigenvalue weighted by molar-refractivity contribution is -0.0517. The minimum Gasteiger partial charge on any atom is -0.378 e. The molecule has 0 radical (unpaired) electrons. The smallest absolute Gasteiger partial charge is 0.0808 e. The van der Waals surface area contributed by atoms with E-state index in [0.717, 1.165) is 31.6 Å². The maximum absolute atomic E-state index is 5.80. The van der Waals surface area contributed by atoms with Gasteiger partial charge in [-0.15, -0.1) is 0 Å². The quantitative estimate of drug-likeness (QED) is 0.721. The molecular formula is C13H25BrO2. The Balaban J connectivity index is 2.17. The summed E-state index contributed by atoms with van der Waals surface area (Å²) in [5.74, 6) is 0.566. The molecule has 1 heterocycles. The third-order valence-electron chi connectivity index (χ3n) is 3.31. The summed E-state index contributed by atoms with van der Waals surface area (Å²) in [5, 5.41) is 1.00. The third kappa shape index (κ3) is 5.15. The molecule has 0 amide bonds. The van der Waals surface area contributed by atoms with Gasteiger partial charge in [-0.05, 0) is 30.6 Å². The molecule has 0 bridgehead atoms. The number of halogens is 1. The van der Waals surface area contributed by atoms with Gasteiger partial charge in [0.1, 0.15) is 0 Å². The van der Waals surface area contributed by atoms with Gasteiger partial charge in [0.15, 0.2) is 0 Å². The molecule has 0 saturated carbocycles. The maximum Gasteiger partial charge on any atom is 0.0808 e. The van der Waals surface area contributed by atoms with E-state index in [4.69, 9.17) is 9.47 Å². The van der Waals surface area contributed by atoms with E-state index in [-0.39, 0.29) is 0 Å². The summed E-state index contributed by atoms with van der Waals surface area (Å²) in [6.45, 7) is 9.29. The van der Waals surface area contributed by atoms with Gasteiger partial charge in [0, 0.05) is 11.9 Å². The van der Waals surface area contributed by atoms with E-state index in [1.54, 1.807) is 0 Å². The molecule has 3 heteroatoms. The van der Waals surface area contributed by atoms with Crippen LogP contribution < -0.4 is 0 Å². The van der Waals surface area contributed by atoms with Crippen LogP contribution in [-0.4, -0.2) is 31.3 Å². The van der Waals surface area contributed by atoms with Crippen molar-refractivity contribution in [2.45, 2.75) is 46.1 Å². The van der Waals surface area contributed by atoms with Crippen LogP contribution in [0.2, 0.25) is 0 Å². The van der Waals surface area contributed by atoms with Gasteiger partial charge >= 0.3 is 0 Å². The molecule has 0 spiro atoms. The highest BCUT2D eigenvalue weighted by Crippen LogP contribution is 2.27. The summed E-state index contributed by atoms with van der Waals surface area (Å²) in [4.78, 5) is 0. The third-order valence-corrected chi connectivity index (χ3v) is 4.09. The Morgan fingerprint density at radius 3 is 2.62 bits per heavy atom. The molecule has 0 aromatic heterocycles. The predicted molar refractivity (Wildman–Crippen MR) is 71.1 cm³/mol. The van der Waals surface area contributed by atoms with Crippen molar-refractivity contribution in [3.63, 3.8) is 0 Å². The van der Waals surface area contributed by atoms with E-state index in [0.29, 0.717) is 17.4 Å². The minimum atomic E-state index is 0.303. The van der Waals surface area contributed by atoms with Crippen molar-refractivity contribution < 1.29 is 9.47 Å². The van der Waals surface area contributed by atoms with Gasteiger partial charge in [0.25, 0.3) is 0 Å². The zero-order valence-corrected chi connectivity index (χ0v) is 12.4. The van der Waals surface area contributed by atoms with Gasteiger partial charge in [-0.1, -0.05) is 36.7 Å². The first-order chi connectivity index (χ1) is 7.54. The highest BCUT2D eigenvalue weighted by molar-refractivity contribution is 9.09. The minimum absolute atomic E-state index is 0.303. The highest BCUT2D eigenvalue weighted by atomic mass is 79.9. The molecule has 2 atom stereocenters. The lowest BCUT2D eigenvalue weighted by atomic mass is 9.83. The molecule has 0 aromatic carbocycles. The molecule has 1 saturated heterocycles. The molecular weight excluding hydrogens is 268 g/mol. The second-order valence-electron chi connectivity index (χ2n) is 5.74. The van der Waals surface area contributed by atoms with Crippen molar-refractivity contribution in [3.05, 3.63) is 0 Å². The normalized spacial score (nSPS) is 24.4. The molecule has 1 aliphatic rings. The molecule has 1 fully saturated rings. The van der Waals surface area contributed by atoms with Gasteiger partial charge in [0.2, 0.25) is 0 Å². The van der Waals surface area contributed by atoms with Gasteiger partial charge in [-0.3, -0.25) is 0 Å². The first-order valence-corrected chi connectivity index (χ1v) is 7.41. The fourth-order valence-corrected chi connectivity index (χ4v) is 2.96. The van der Waals surface area contributed by atoms with Crippen molar-refractivity contribution in [3.8, 4) is 0 Å². The Hall–Kier alpha value is 0.400. The van der Waals surface area contributed by atoms with E-state index in [1.165, 1.54) is 12.8 Å². The highest BCUT2D eigenvalue weighted by Gasteiger charge is 2.24. The van der Waals surface area contributed by atoms with E-state index in [2.05, 4.69) is 36.7 Å². The van der Waals surface area contributed by atoms with Crippen molar-refractivity contribution in [2.75, 3.05) is 25.2 Å². The second-order valence-corrected chi connectivity index (χ2v) is 6.39. The first-order valence-electron chi connectivity index (χ1n) is 6.29. The van der Waals surface area contributed by atoms with Gasteiger partial charge < -0.3 is 9.47 Å². The van der Waals surface area contributed by atoms with Crippen LogP contribution in [0.25, 0.3) is 0 Å². The zero-order valence-electron chi connectivity index (χ0n) is 10.8. The van der Waals surface area contributed by atoms with Crippen LogP contribution >= 0.6 is 15.9 Å². The monoisotopic (exact) mass is 292 g/mol. The summed E-state index contributed by atoms with van der Waals surface area (Å²) >= 11 is 3.57. The largest absolute Gasteiger partial charge is 0.378 e. The zero-order chi connectivity index (χ0) is 12.0. The van der Waals surface area contributed by atoms with Gasteiger partial charge in [0.05, 0.1) is 19.3 Å². The fraction of sp³-hybridized carbons (Fsp3) is 1.00. The lowest BCUT2D eigenvalue weighted by Gasteiger charge is -2.30. The van der Waals surface area contributed by atoms with E-state index in [9.17, 15) is 0 Å². The molecule has 0 N–H and O–H groups in total. The Bertz CT molecular complexity index is 183. The number of hydrogen-bond acceptors (Lipinski definition) is 2. The van der Waals surface area contributed by atoms with Crippen LogP contribution in [0.15, 0.2) is 0 Å². The molecule has 96 valence electrons. The number of alkyl halides is 1. The number of hydrogen-bond donors (Lipinski definition) is 0. The average molecular weight is 293 g/mol. The van der Waals surface area contributed by atoms with Gasteiger partial charge in [-0.25, -0.2) is 0 Å². The Morgan fingerprint density at radius 2 is 2.12 bits per heavy atom. The van der Waals surface area contributed by atoms with Crippen LogP contribution in [0, 0.1) is 11.3 Å². The number of rotatable bonds is 5. The summed E-state index contributed by atoms with van der Waals surface area (Å²) in [7, 11) is 0. The molecule has 1 aliphatic heterocycles. The maximum atomic E-state index is 5.80. The fourth-order valence-electron chi connectivity index (χ4n) is 1.81. The number of ether oxygens (including phenoxy) is 2. The van der Waals surface area contributed by atoms with Crippen LogP contribution in [0.1, 0.15) is 40.0 Å². The van der Waals surface area contributed by atoms with E-state index < -0.39 is 0 Å². The van der Waals surface area contributed by atoms with E-state index in [1.807, 2.05) is 0 Å². The molecule has 2 unspecified atom stereocenters. The SMILES string of the molecule is CC(C)(C)C(CBr)COCC1CCCCO1. The van der Waals surface area contributed by atoms with Crippen LogP contribution in [-0.2, 0) is 9.47 Å². The standard InChI is InChI=1S/C13H25BrO2/c1-13(2,3)11(8-14)9-15-10-12-6-4-5-7-16-12/h11-12H,4-10H2,1-3H3. The Morgan fingerprint density at radius 1 is 1.38 bits per heavy atom. The molecule has 1 rings (SSSR count). The predicted octanol–water partition coefficient (Wildman–Crippen LogP) is 3.63. The average Bonchev–Trinajstić information content (AvgIpc) is 2.24. The second kappa shape index (κ2) is 6.97. The van der Waals surface area contributed by atoms with Crippen LogP contribution in [0.3, 0.4) is 0 Å². The van der Waals surface area contributed by atoms with E-state index >= 15 is 0 Å². The topological polar surface area (TPSA) is 18.5 Å². The Labute approximate surface area is 108 Å². The van der Waals surface area contributed by atoms with Crippen molar-refractivity contribution in [1.29, 1.82) is 0 Å². The van der Waals surface area contributed by atoms with Crippen LogP contribution in [0.4, 0.5) is 0 Å². The lowest BCUT2D eigenvalue weighted by Crippen LogP contribution is -2.30. The van der Waals surface area contributed by atoms with Crippen molar-refractivity contribution in [2.24, 2.45) is 11.3 Å². The summed E-state index contributed by atoms with van der Waals surface area (Å²) in [6, 6.07) is 0.